The molecule has 2 unspecified atom stereocenters. The maximum Gasteiger partial charge on any atom is 0.00357 e. The van der Waals surface area contributed by atoms with Gasteiger partial charge in [-0.15, -0.1) is 0 Å². The second-order valence-electron chi connectivity index (χ2n) is 5.86. The second-order valence-corrected chi connectivity index (χ2v) is 5.86. The fourth-order valence-corrected chi connectivity index (χ4v) is 2.68. The Labute approximate surface area is 108 Å². The molecular formula is C14H31N3. The molecule has 0 bridgehead atoms. The summed E-state index contributed by atoms with van der Waals surface area (Å²) in [6, 6.07) is 0.670. The predicted octanol–water partition coefficient (Wildman–Crippen LogP) is 1.65. The van der Waals surface area contributed by atoms with Crippen molar-refractivity contribution in [2.24, 2.45) is 5.92 Å². The van der Waals surface area contributed by atoms with Gasteiger partial charge in [-0.05, 0) is 66.3 Å². The van der Waals surface area contributed by atoms with E-state index in [1.807, 2.05) is 7.05 Å². The normalized spacial score (nSPS) is 23.5. The van der Waals surface area contributed by atoms with E-state index in [2.05, 4.69) is 36.1 Å². The molecule has 1 fully saturated rings. The highest BCUT2D eigenvalue weighted by atomic mass is 15.1. The summed E-state index contributed by atoms with van der Waals surface area (Å²) in [6.07, 6.45) is 5.37. The number of nitrogens with one attached hydrogen (secondary N) is 1. The molecular weight excluding hydrogens is 210 g/mol. The van der Waals surface area contributed by atoms with E-state index < -0.39 is 0 Å². The lowest BCUT2D eigenvalue weighted by atomic mass is 10.1. The maximum atomic E-state index is 3.30. The average Bonchev–Trinajstić information content (AvgIpc) is 2.69. The molecule has 0 spiro atoms. The van der Waals surface area contributed by atoms with Crippen molar-refractivity contribution in [1.29, 1.82) is 0 Å². The first kappa shape index (κ1) is 14.9. The zero-order chi connectivity index (χ0) is 12.7. The van der Waals surface area contributed by atoms with E-state index in [9.17, 15) is 0 Å². The van der Waals surface area contributed by atoms with E-state index in [1.165, 1.54) is 51.9 Å². The number of rotatable bonds is 8. The molecule has 17 heavy (non-hydrogen) atoms. The second kappa shape index (κ2) is 8.06. The Morgan fingerprint density at radius 2 is 2.18 bits per heavy atom. The standard InChI is InChI=1S/C14H31N3/c1-13(15-2)7-5-6-9-16(3)11-14-8-10-17(4)12-14/h13-15H,5-12H2,1-4H3. The average molecular weight is 241 g/mol. The van der Waals surface area contributed by atoms with Crippen LogP contribution in [0.1, 0.15) is 32.6 Å². The van der Waals surface area contributed by atoms with Crippen LogP contribution in [0.4, 0.5) is 0 Å². The third kappa shape index (κ3) is 6.39. The van der Waals surface area contributed by atoms with Gasteiger partial charge in [0.05, 0.1) is 0 Å². The molecule has 0 aromatic carbocycles. The van der Waals surface area contributed by atoms with E-state index in [0.717, 1.165) is 5.92 Å². The number of hydrogen-bond acceptors (Lipinski definition) is 3. The number of hydrogen-bond donors (Lipinski definition) is 1. The summed E-state index contributed by atoms with van der Waals surface area (Å²) in [5, 5.41) is 3.30. The van der Waals surface area contributed by atoms with E-state index in [0.29, 0.717) is 6.04 Å². The minimum absolute atomic E-state index is 0.670. The van der Waals surface area contributed by atoms with Crippen molar-refractivity contribution in [3.63, 3.8) is 0 Å². The molecule has 0 saturated carbocycles. The minimum Gasteiger partial charge on any atom is -0.317 e. The molecule has 1 saturated heterocycles. The first-order chi connectivity index (χ1) is 8.11. The summed E-state index contributed by atoms with van der Waals surface area (Å²) in [5.41, 5.74) is 0. The summed E-state index contributed by atoms with van der Waals surface area (Å²) < 4.78 is 0. The van der Waals surface area contributed by atoms with Crippen LogP contribution in [-0.2, 0) is 0 Å². The van der Waals surface area contributed by atoms with Crippen molar-refractivity contribution < 1.29 is 0 Å². The van der Waals surface area contributed by atoms with Crippen LogP contribution in [-0.4, -0.2) is 63.2 Å². The topological polar surface area (TPSA) is 18.5 Å². The highest BCUT2D eigenvalue weighted by molar-refractivity contribution is 4.75. The van der Waals surface area contributed by atoms with Crippen LogP contribution in [0, 0.1) is 5.92 Å². The summed E-state index contributed by atoms with van der Waals surface area (Å²) in [5.74, 6) is 0.904. The van der Waals surface area contributed by atoms with Crippen molar-refractivity contribution in [3.05, 3.63) is 0 Å². The summed E-state index contributed by atoms with van der Waals surface area (Å²) in [4.78, 5) is 4.97. The zero-order valence-electron chi connectivity index (χ0n) is 12.2. The van der Waals surface area contributed by atoms with Crippen molar-refractivity contribution in [2.75, 3.05) is 47.3 Å². The van der Waals surface area contributed by atoms with Gasteiger partial charge in [0.1, 0.15) is 0 Å². The number of unbranched alkanes of at least 4 members (excludes halogenated alkanes) is 1. The van der Waals surface area contributed by atoms with Gasteiger partial charge in [0.15, 0.2) is 0 Å². The monoisotopic (exact) mass is 241 g/mol. The van der Waals surface area contributed by atoms with Gasteiger partial charge < -0.3 is 15.1 Å². The molecule has 1 rings (SSSR count). The molecule has 0 aromatic heterocycles. The highest BCUT2D eigenvalue weighted by Gasteiger charge is 2.20. The molecule has 0 aliphatic carbocycles. The van der Waals surface area contributed by atoms with Gasteiger partial charge in [0.2, 0.25) is 0 Å². The van der Waals surface area contributed by atoms with Gasteiger partial charge in [-0.1, -0.05) is 6.42 Å². The van der Waals surface area contributed by atoms with Gasteiger partial charge >= 0.3 is 0 Å². The molecule has 102 valence electrons. The molecule has 0 aromatic rings. The Hall–Kier alpha value is -0.120. The van der Waals surface area contributed by atoms with E-state index in [1.54, 1.807) is 0 Å². The molecule has 3 nitrogen and oxygen atoms in total. The Morgan fingerprint density at radius 3 is 2.76 bits per heavy atom. The largest absolute Gasteiger partial charge is 0.317 e. The van der Waals surface area contributed by atoms with Crippen LogP contribution < -0.4 is 5.32 Å². The molecule has 2 atom stereocenters. The summed E-state index contributed by atoms with van der Waals surface area (Å²) in [6.45, 7) is 7.39. The van der Waals surface area contributed by atoms with Gasteiger partial charge in [-0.3, -0.25) is 0 Å². The lowest BCUT2D eigenvalue weighted by molar-refractivity contribution is 0.267. The Kier molecular flexibility index (Phi) is 7.09. The quantitative estimate of drug-likeness (QED) is 0.652. The minimum atomic E-state index is 0.670. The summed E-state index contributed by atoms with van der Waals surface area (Å²) >= 11 is 0. The molecule has 0 radical (unpaired) electrons. The molecule has 0 amide bonds. The van der Waals surface area contributed by atoms with Crippen LogP contribution in [0.5, 0.6) is 0 Å². The third-order valence-corrected chi connectivity index (χ3v) is 3.98. The third-order valence-electron chi connectivity index (χ3n) is 3.98. The first-order valence-corrected chi connectivity index (χ1v) is 7.16. The maximum absolute atomic E-state index is 3.30. The van der Waals surface area contributed by atoms with Gasteiger partial charge in [-0.2, -0.15) is 0 Å². The summed E-state index contributed by atoms with van der Waals surface area (Å²) in [7, 11) is 6.56. The fourth-order valence-electron chi connectivity index (χ4n) is 2.68. The van der Waals surface area contributed by atoms with Crippen LogP contribution >= 0.6 is 0 Å². The lowest BCUT2D eigenvalue weighted by Crippen LogP contribution is -2.28. The highest BCUT2D eigenvalue weighted by Crippen LogP contribution is 2.15. The van der Waals surface area contributed by atoms with E-state index in [4.69, 9.17) is 0 Å². The van der Waals surface area contributed by atoms with Crippen LogP contribution in [0.3, 0.4) is 0 Å². The van der Waals surface area contributed by atoms with Crippen LogP contribution in [0.15, 0.2) is 0 Å². The van der Waals surface area contributed by atoms with Crippen molar-refractivity contribution in [3.8, 4) is 0 Å². The SMILES string of the molecule is CNC(C)CCCCN(C)CC1CCN(C)C1. The molecule has 1 aliphatic rings. The molecule has 3 heteroatoms. The van der Waals surface area contributed by atoms with Crippen LogP contribution in [0.25, 0.3) is 0 Å². The van der Waals surface area contributed by atoms with Crippen molar-refractivity contribution in [1.82, 2.24) is 15.1 Å². The Morgan fingerprint density at radius 1 is 1.41 bits per heavy atom. The molecule has 1 N–H and O–H groups in total. The Balaban J connectivity index is 1.99. The molecule has 1 aliphatic heterocycles. The van der Waals surface area contributed by atoms with E-state index >= 15 is 0 Å². The number of likely N-dealkylation sites (tertiary alicyclic amines) is 1. The predicted molar refractivity (Wildman–Crippen MR) is 75.5 cm³/mol. The zero-order valence-corrected chi connectivity index (χ0v) is 12.2. The Bertz CT molecular complexity index is 196. The van der Waals surface area contributed by atoms with Gasteiger partial charge in [0, 0.05) is 19.1 Å². The van der Waals surface area contributed by atoms with Gasteiger partial charge in [-0.25, -0.2) is 0 Å². The fraction of sp³-hybridized carbons (Fsp3) is 1.00. The lowest BCUT2D eigenvalue weighted by Gasteiger charge is -2.21. The first-order valence-electron chi connectivity index (χ1n) is 7.16. The van der Waals surface area contributed by atoms with Gasteiger partial charge in [0.25, 0.3) is 0 Å². The van der Waals surface area contributed by atoms with E-state index in [-0.39, 0.29) is 0 Å². The van der Waals surface area contributed by atoms with Crippen molar-refractivity contribution in [2.45, 2.75) is 38.6 Å². The smallest absolute Gasteiger partial charge is 0.00357 e. The van der Waals surface area contributed by atoms with Crippen molar-refractivity contribution >= 4 is 0 Å². The number of nitrogens with zero attached hydrogens (tertiary/aromatic N) is 2. The van der Waals surface area contributed by atoms with Crippen LogP contribution in [0.2, 0.25) is 0 Å². The molecule has 1 heterocycles.